The second-order valence-electron chi connectivity index (χ2n) is 7.16. The molecule has 0 saturated carbocycles. The molecule has 3 aromatic rings. The van der Waals surface area contributed by atoms with Gasteiger partial charge in [-0.15, -0.1) is 0 Å². The Hall–Kier alpha value is -3.36. The first kappa shape index (κ1) is 23.3. The zero-order chi connectivity index (χ0) is 23.3. The number of rotatable bonds is 6. The van der Waals surface area contributed by atoms with E-state index < -0.39 is 27.8 Å². The lowest BCUT2D eigenvalue weighted by atomic mass is 10.1. The van der Waals surface area contributed by atoms with Gasteiger partial charge in [0, 0.05) is 28.2 Å². The van der Waals surface area contributed by atoms with Gasteiger partial charge in [-0.05, 0) is 55.0 Å². The van der Waals surface area contributed by atoms with Crippen molar-refractivity contribution in [1.29, 1.82) is 0 Å². The zero-order valence-electron chi connectivity index (χ0n) is 17.4. The maximum atomic E-state index is 12.4. The number of carbonyl (C=O) groups excluding carboxylic acids is 2. The number of sulfone groups is 1. The highest BCUT2D eigenvalue weighted by Crippen LogP contribution is 2.28. The molecule has 32 heavy (non-hydrogen) atoms. The minimum absolute atomic E-state index is 0.237. The van der Waals surface area contributed by atoms with Crippen LogP contribution in [0.2, 0.25) is 5.02 Å². The van der Waals surface area contributed by atoms with Gasteiger partial charge >= 0.3 is 6.03 Å². The maximum Gasteiger partial charge on any atom is 0.319 e. The molecule has 0 aromatic heterocycles. The van der Waals surface area contributed by atoms with Crippen LogP contribution in [0, 0.1) is 0 Å². The van der Waals surface area contributed by atoms with Crippen molar-refractivity contribution in [3.63, 3.8) is 0 Å². The minimum atomic E-state index is -3.38. The van der Waals surface area contributed by atoms with Crippen molar-refractivity contribution in [3.8, 4) is 11.1 Å². The monoisotopic (exact) mass is 471 g/mol. The van der Waals surface area contributed by atoms with Gasteiger partial charge in [0.1, 0.15) is 6.04 Å². The third kappa shape index (κ3) is 6.09. The average molecular weight is 472 g/mol. The summed E-state index contributed by atoms with van der Waals surface area (Å²) in [5.74, 6) is -0.402. The quantitative estimate of drug-likeness (QED) is 0.490. The molecular weight excluding hydrogens is 450 g/mol. The summed E-state index contributed by atoms with van der Waals surface area (Å²) in [5.41, 5.74) is 2.35. The Balaban J connectivity index is 1.62. The molecule has 3 N–H and O–H groups in total. The first-order valence-electron chi connectivity index (χ1n) is 9.67. The minimum Gasteiger partial charge on any atom is -0.326 e. The van der Waals surface area contributed by atoms with Crippen LogP contribution < -0.4 is 16.0 Å². The molecule has 166 valence electrons. The molecule has 0 fully saturated rings. The Kier molecular flexibility index (Phi) is 7.17. The van der Waals surface area contributed by atoms with Crippen molar-refractivity contribution in [2.45, 2.75) is 17.9 Å². The molecule has 1 atom stereocenters. The van der Waals surface area contributed by atoms with E-state index in [2.05, 4.69) is 16.0 Å². The van der Waals surface area contributed by atoms with Crippen LogP contribution in [0.4, 0.5) is 16.2 Å². The molecular formula is C23H22ClN3O4S. The van der Waals surface area contributed by atoms with E-state index >= 15 is 0 Å². The Labute approximate surface area is 191 Å². The van der Waals surface area contributed by atoms with Gasteiger partial charge in [-0.3, -0.25) is 4.79 Å². The van der Waals surface area contributed by atoms with E-state index in [0.29, 0.717) is 27.5 Å². The Morgan fingerprint density at radius 1 is 0.844 bits per heavy atom. The van der Waals surface area contributed by atoms with Gasteiger partial charge in [-0.25, -0.2) is 13.2 Å². The molecule has 3 amide bonds. The van der Waals surface area contributed by atoms with Gasteiger partial charge in [0.05, 0.1) is 4.90 Å². The van der Waals surface area contributed by atoms with E-state index in [9.17, 15) is 18.0 Å². The van der Waals surface area contributed by atoms with Crippen LogP contribution >= 0.6 is 11.6 Å². The lowest BCUT2D eigenvalue weighted by Crippen LogP contribution is -2.43. The number of urea groups is 1. The maximum absolute atomic E-state index is 12.4. The number of amides is 3. The summed E-state index contributed by atoms with van der Waals surface area (Å²) in [6.45, 7) is 1.56. The Morgan fingerprint density at radius 2 is 1.41 bits per heavy atom. The predicted molar refractivity (Wildman–Crippen MR) is 127 cm³/mol. The van der Waals surface area contributed by atoms with E-state index in [1.54, 1.807) is 79.7 Å². The number of carbonyl (C=O) groups is 2. The fourth-order valence-electron chi connectivity index (χ4n) is 2.97. The van der Waals surface area contributed by atoms with Crippen LogP contribution in [-0.2, 0) is 14.6 Å². The third-order valence-electron chi connectivity index (χ3n) is 4.59. The molecule has 0 spiro atoms. The van der Waals surface area contributed by atoms with Gasteiger partial charge in [0.15, 0.2) is 9.84 Å². The molecule has 0 aliphatic rings. The molecule has 0 bridgehead atoms. The highest BCUT2D eigenvalue weighted by atomic mass is 35.5. The number of hydrogen-bond donors (Lipinski definition) is 3. The highest BCUT2D eigenvalue weighted by Gasteiger charge is 2.17. The standard InChI is InChI=1S/C23H22ClN3O4S/c1-15(25-23(29)27-19-13-9-17(24)10-14-19)22(28)26-18-11-7-16(8-12-18)20-5-3-4-6-21(20)32(2,30)31/h3-15H,1-2H3,(H,26,28)(H2,25,27,29). The molecule has 9 heteroatoms. The van der Waals surface area contributed by atoms with Crippen molar-refractivity contribution in [2.75, 3.05) is 16.9 Å². The van der Waals surface area contributed by atoms with E-state index in [1.165, 1.54) is 0 Å². The van der Waals surface area contributed by atoms with Crippen molar-refractivity contribution in [3.05, 3.63) is 77.8 Å². The number of nitrogens with one attached hydrogen (secondary N) is 3. The molecule has 1 unspecified atom stereocenters. The summed E-state index contributed by atoms with van der Waals surface area (Å²) >= 11 is 5.82. The van der Waals surface area contributed by atoms with E-state index in [-0.39, 0.29) is 4.90 Å². The third-order valence-corrected chi connectivity index (χ3v) is 6.00. The Bertz CT molecular complexity index is 1230. The lowest BCUT2D eigenvalue weighted by Gasteiger charge is -2.15. The summed E-state index contributed by atoms with van der Waals surface area (Å²) in [6.07, 6.45) is 1.16. The summed E-state index contributed by atoms with van der Waals surface area (Å²) in [5, 5.41) is 8.46. The molecule has 0 aliphatic carbocycles. The van der Waals surface area contributed by atoms with Crippen LogP contribution in [0.25, 0.3) is 11.1 Å². The van der Waals surface area contributed by atoms with Gasteiger partial charge in [0.2, 0.25) is 5.91 Å². The summed E-state index contributed by atoms with van der Waals surface area (Å²) < 4.78 is 24.1. The van der Waals surface area contributed by atoms with Gasteiger partial charge in [-0.1, -0.05) is 41.9 Å². The number of hydrogen-bond acceptors (Lipinski definition) is 4. The number of halogens is 1. The van der Waals surface area contributed by atoms with Gasteiger partial charge in [-0.2, -0.15) is 0 Å². The topological polar surface area (TPSA) is 104 Å². The van der Waals surface area contributed by atoms with Crippen LogP contribution in [0.1, 0.15) is 6.92 Å². The number of benzene rings is 3. The van der Waals surface area contributed by atoms with Gasteiger partial charge in [0.25, 0.3) is 0 Å². The SMILES string of the molecule is CC(NC(=O)Nc1ccc(Cl)cc1)C(=O)Nc1ccc(-c2ccccc2S(C)(=O)=O)cc1. The predicted octanol–water partition coefficient (Wildman–Crippen LogP) is 4.56. The van der Waals surface area contributed by atoms with E-state index in [4.69, 9.17) is 11.6 Å². The first-order chi connectivity index (χ1) is 15.1. The summed E-state index contributed by atoms with van der Waals surface area (Å²) in [6, 6.07) is 18.8. The second-order valence-corrected chi connectivity index (χ2v) is 9.58. The molecule has 0 saturated heterocycles. The number of anilines is 2. The normalized spacial score (nSPS) is 12.0. The fourth-order valence-corrected chi connectivity index (χ4v) is 4.01. The van der Waals surface area contributed by atoms with E-state index in [1.807, 2.05) is 0 Å². The van der Waals surface area contributed by atoms with Crippen molar-refractivity contribution >= 4 is 44.8 Å². The second kappa shape index (κ2) is 9.84. The first-order valence-corrected chi connectivity index (χ1v) is 11.9. The molecule has 3 aromatic carbocycles. The van der Waals surface area contributed by atoms with Gasteiger partial charge < -0.3 is 16.0 Å². The summed E-state index contributed by atoms with van der Waals surface area (Å²) in [4.78, 5) is 24.8. The average Bonchev–Trinajstić information content (AvgIpc) is 2.75. The molecule has 0 aliphatic heterocycles. The van der Waals surface area contributed by atoms with Crippen LogP contribution in [0.15, 0.2) is 77.7 Å². The van der Waals surface area contributed by atoms with Crippen LogP contribution in [0.3, 0.4) is 0 Å². The van der Waals surface area contributed by atoms with E-state index in [0.717, 1.165) is 6.26 Å². The highest BCUT2D eigenvalue weighted by molar-refractivity contribution is 7.90. The lowest BCUT2D eigenvalue weighted by molar-refractivity contribution is -0.117. The molecule has 0 heterocycles. The smallest absolute Gasteiger partial charge is 0.319 e. The fraction of sp³-hybridized carbons (Fsp3) is 0.130. The van der Waals surface area contributed by atoms with Crippen LogP contribution in [0.5, 0.6) is 0 Å². The molecule has 3 rings (SSSR count). The Morgan fingerprint density at radius 3 is 2.03 bits per heavy atom. The molecule has 0 radical (unpaired) electrons. The van der Waals surface area contributed by atoms with Crippen molar-refractivity contribution in [2.24, 2.45) is 0 Å². The van der Waals surface area contributed by atoms with Crippen molar-refractivity contribution in [1.82, 2.24) is 5.32 Å². The van der Waals surface area contributed by atoms with Crippen LogP contribution in [-0.4, -0.2) is 32.7 Å². The summed E-state index contributed by atoms with van der Waals surface area (Å²) in [7, 11) is -3.38. The molecule has 7 nitrogen and oxygen atoms in total. The largest absolute Gasteiger partial charge is 0.326 e. The zero-order valence-corrected chi connectivity index (χ0v) is 19.0. The van der Waals surface area contributed by atoms with Crippen molar-refractivity contribution < 1.29 is 18.0 Å².